The van der Waals surface area contributed by atoms with Crippen LogP contribution in [0.5, 0.6) is 0 Å². The number of benzene rings is 2. The highest BCUT2D eigenvalue weighted by Crippen LogP contribution is 2.52. The summed E-state index contributed by atoms with van der Waals surface area (Å²) in [5.74, 6) is 0. The lowest BCUT2D eigenvalue weighted by molar-refractivity contribution is -0.273. The van der Waals surface area contributed by atoms with E-state index in [1.807, 2.05) is 0 Å². The quantitative estimate of drug-likeness (QED) is 0.354. The normalized spacial score (nSPS) is 19.1. The molecule has 1 aliphatic rings. The largest absolute Gasteiger partial charge is 0.422 e. The zero-order valence-electron chi connectivity index (χ0n) is 17.4. The molecule has 1 aromatic heterocycles. The maximum absolute atomic E-state index is 14.1. The maximum Gasteiger partial charge on any atom is 0.422 e. The van der Waals surface area contributed by atoms with Crippen LogP contribution in [0.2, 0.25) is 0 Å². The second-order valence-electron chi connectivity index (χ2n) is 8.12. The van der Waals surface area contributed by atoms with E-state index >= 15 is 0 Å². The smallest absolute Gasteiger partial charge is 0.375 e. The number of halogens is 6. The maximum atomic E-state index is 14.1. The molecule has 0 amide bonds. The van der Waals surface area contributed by atoms with Crippen LogP contribution in [-0.4, -0.2) is 23.7 Å². The average Bonchev–Trinajstić information content (AvgIpc) is 3.08. The number of aromatic nitrogens is 1. The van der Waals surface area contributed by atoms with Crippen molar-refractivity contribution in [3.05, 3.63) is 70.2 Å². The summed E-state index contributed by atoms with van der Waals surface area (Å²) >= 11 is 0. The highest BCUT2D eigenvalue weighted by molar-refractivity contribution is 7.90. The minimum atomic E-state index is -5.38. The van der Waals surface area contributed by atoms with Gasteiger partial charge in [0.05, 0.1) is 28.2 Å². The molecular formula is C22H16F6N2O3S. The van der Waals surface area contributed by atoms with Crippen LogP contribution in [0.25, 0.3) is 15.7 Å². The zero-order chi connectivity index (χ0) is 25.3. The van der Waals surface area contributed by atoms with Crippen LogP contribution >= 0.6 is 0 Å². The molecule has 1 atom stereocenters. The molecule has 0 saturated heterocycles. The molecule has 2 aromatic carbocycles. The van der Waals surface area contributed by atoms with E-state index in [9.17, 15) is 39.9 Å². The first kappa shape index (κ1) is 24.1. The van der Waals surface area contributed by atoms with Gasteiger partial charge < -0.3 is 5.11 Å². The van der Waals surface area contributed by atoms with Crippen molar-refractivity contribution in [3.63, 3.8) is 0 Å². The molecule has 180 valence electrons. The molecule has 3 aromatic rings. The lowest BCUT2D eigenvalue weighted by atomic mass is 9.82. The van der Waals surface area contributed by atoms with Crippen molar-refractivity contribution in [1.82, 2.24) is 3.97 Å². The standard InChI is InChI=1S/C22H16F6N2O3S/c1-12-5-7-14(8-6-12)34(32,33)30-18-16(10-13(29-2)11-17(18)21(23,24)25)15-4-3-9-20(31,19(15)30)22(26,27)28/h5-8,10-11,31H,3-4,9H2,1H3. The van der Waals surface area contributed by atoms with Gasteiger partial charge in [0.2, 0.25) is 5.60 Å². The second kappa shape index (κ2) is 7.48. The number of fused-ring (bicyclic) bond motifs is 3. The van der Waals surface area contributed by atoms with Gasteiger partial charge in [0.1, 0.15) is 0 Å². The Morgan fingerprint density at radius 2 is 1.71 bits per heavy atom. The van der Waals surface area contributed by atoms with Gasteiger partial charge in [0.15, 0.2) is 5.69 Å². The SMILES string of the molecule is [C-]#[N+]c1cc(C(F)(F)F)c2c(c1)c1c(n2S(=O)(=O)c2ccc(C)cc2)C(O)(C(F)(F)F)CCC1. The van der Waals surface area contributed by atoms with Gasteiger partial charge in [-0.3, -0.25) is 0 Å². The lowest BCUT2D eigenvalue weighted by Crippen LogP contribution is -2.47. The first-order valence-electron chi connectivity index (χ1n) is 9.91. The van der Waals surface area contributed by atoms with Crippen LogP contribution in [0.15, 0.2) is 41.3 Å². The molecule has 4 rings (SSSR count). The molecule has 0 radical (unpaired) electrons. The van der Waals surface area contributed by atoms with Gasteiger partial charge in [0.25, 0.3) is 10.0 Å². The topological polar surface area (TPSA) is 63.7 Å². The van der Waals surface area contributed by atoms with E-state index in [0.29, 0.717) is 11.6 Å². The minimum absolute atomic E-state index is 0.0223. The molecule has 1 heterocycles. The van der Waals surface area contributed by atoms with E-state index in [1.54, 1.807) is 6.92 Å². The Kier molecular flexibility index (Phi) is 5.30. The Morgan fingerprint density at radius 3 is 2.24 bits per heavy atom. The number of hydrogen-bond donors (Lipinski definition) is 1. The van der Waals surface area contributed by atoms with Crippen molar-refractivity contribution >= 4 is 26.6 Å². The van der Waals surface area contributed by atoms with Gasteiger partial charge in [-0.1, -0.05) is 17.7 Å². The molecule has 12 heteroatoms. The van der Waals surface area contributed by atoms with Gasteiger partial charge in [-0.25, -0.2) is 17.2 Å². The Bertz CT molecular complexity index is 1450. The number of nitrogens with zero attached hydrogens (tertiary/aromatic N) is 2. The van der Waals surface area contributed by atoms with E-state index in [2.05, 4.69) is 4.85 Å². The third kappa shape index (κ3) is 3.45. The number of alkyl halides is 6. The highest BCUT2D eigenvalue weighted by Gasteiger charge is 2.60. The third-order valence-corrected chi connectivity index (χ3v) is 7.65. The molecule has 0 saturated carbocycles. The molecule has 1 aliphatic carbocycles. The Balaban J connectivity index is 2.28. The molecule has 1 unspecified atom stereocenters. The summed E-state index contributed by atoms with van der Waals surface area (Å²) in [6.07, 6.45) is -12.0. The number of aliphatic hydroxyl groups is 1. The fraction of sp³-hybridized carbons (Fsp3) is 0.318. The molecule has 0 fully saturated rings. The lowest BCUT2D eigenvalue weighted by Gasteiger charge is -2.35. The van der Waals surface area contributed by atoms with Crippen molar-refractivity contribution in [2.75, 3.05) is 0 Å². The summed E-state index contributed by atoms with van der Waals surface area (Å²) in [5.41, 5.74) is -7.79. The summed E-state index contributed by atoms with van der Waals surface area (Å²) in [7, 11) is -5.03. The van der Waals surface area contributed by atoms with Gasteiger partial charge in [-0.15, -0.1) is 0 Å². The molecule has 5 nitrogen and oxygen atoms in total. The van der Waals surface area contributed by atoms with E-state index in [4.69, 9.17) is 6.57 Å². The van der Waals surface area contributed by atoms with Crippen LogP contribution < -0.4 is 0 Å². The summed E-state index contributed by atoms with van der Waals surface area (Å²) in [4.78, 5) is 2.43. The van der Waals surface area contributed by atoms with Gasteiger partial charge in [-0.05, 0) is 61.4 Å². The predicted octanol–water partition coefficient (Wildman–Crippen LogP) is 5.84. The van der Waals surface area contributed by atoms with Gasteiger partial charge in [0, 0.05) is 0 Å². The molecular weight excluding hydrogens is 486 g/mol. The van der Waals surface area contributed by atoms with Gasteiger partial charge in [-0.2, -0.15) is 26.3 Å². The molecule has 1 N–H and O–H groups in total. The second-order valence-corrected chi connectivity index (χ2v) is 9.91. The summed E-state index contributed by atoms with van der Waals surface area (Å²) in [6, 6.07) is 6.16. The number of aryl methyl sites for hydroxylation is 2. The van der Waals surface area contributed by atoms with E-state index < -0.39 is 67.1 Å². The molecule has 0 spiro atoms. The first-order valence-corrected chi connectivity index (χ1v) is 11.3. The van der Waals surface area contributed by atoms with Crippen molar-refractivity contribution in [2.45, 2.75) is 49.0 Å². The monoisotopic (exact) mass is 502 g/mol. The van der Waals surface area contributed by atoms with E-state index in [-0.39, 0.29) is 22.4 Å². The van der Waals surface area contributed by atoms with Crippen LogP contribution in [0.4, 0.5) is 32.0 Å². The summed E-state index contributed by atoms with van der Waals surface area (Å²) < 4.78 is 112. The Hall–Kier alpha value is -3.04. The summed E-state index contributed by atoms with van der Waals surface area (Å²) in [5, 5.41) is 10.3. The zero-order valence-corrected chi connectivity index (χ0v) is 18.2. The summed E-state index contributed by atoms with van der Waals surface area (Å²) in [6.45, 7) is 8.75. The van der Waals surface area contributed by atoms with Crippen LogP contribution in [-0.2, 0) is 28.2 Å². The fourth-order valence-electron chi connectivity index (χ4n) is 4.35. The minimum Gasteiger partial charge on any atom is -0.375 e. The first-order chi connectivity index (χ1) is 15.6. The fourth-order valence-corrected chi connectivity index (χ4v) is 5.98. The highest BCUT2D eigenvalue weighted by atomic mass is 32.2. The van der Waals surface area contributed by atoms with E-state index in [1.165, 1.54) is 12.1 Å². The van der Waals surface area contributed by atoms with E-state index in [0.717, 1.165) is 18.2 Å². The predicted molar refractivity (Wildman–Crippen MR) is 110 cm³/mol. The average molecular weight is 502 g/mol. The Labute approximate surface area is 190 Å². The van der Waals surface area contributed by atoms with Gasteiger partial charge >= 0.3 is 12.4 Å². The van der Waals surface area contributed by atoms with Crippen LogP contribution in [0.1, 0.15) is 35.2 Å². The van der Waals surface area contributed by atoms with Crippen molar-refractivity contribution < 1.29 is 39.9 Å². The van der Waals surface area contributed by atoms with Crippen molar-refractivity contribution in [2.24, 2.45) is 0 Å². The molecule has 0 aliphatic heterocycles. The Morgan fingerprint density at radius 1 is 1.09 bits per heavy atom. The molecule has 0 bridgehead atoms. The van der Waals surface area contributed by atoms with Crippen molar-refractivity contribution in [1.29, 1.82) is 0 Å². The third-order valence-electron chi connectivity index (χ3n) is 5.93. The van der Waals surface area contributed by atoms with Crippen LogP contribution in [0.3, 0.4) is 0 Å². The van der Waals surface area contributed by atoms with Crippen molar-refractivity contribution in [3.8, 4) is 0 Å². The number of hydrogen-bond acceptors (Lipinski definition) is 3. The number of rotatable bonds is 2. The molecule has 34 heavy (non-hydrogen) atoms. The van der Waals surface area contributed by atoms with Crippen LogP contribution in [0, 0.1) is 13.5 Å².